The van der Waals surface area contributed by atoms with E-state index in [-0.39, 0.29) is 26.1 Å². The molecule has 2 aromatic carbocycles. The molecule has 0 saturated carbocycles. The van der Waals surface area contributed by atoms with Gasteiger partial charge in [0.2, 0.25) is 0 Å². The summed E-state index contributed by atoms with van der Waals surface area (Å²) in [4.78, 5) is -1.72. The molecule has 14 heteroatoms. The van der Waals surface area contributed by atoms with Gasteiger partial charge in [0, 0.05) is 25.0 Å². The highest BCUT2D eigenvalue weighted by molar-refractivity contribution is 7.87. The summed E-state index contributed by atoms with van der Waals surface area (Å²) in [7, 11) is -9.13. The monoisotopic (exact) mass is 514 g/mol. The summed E-state index contributed by atoms with van der Waals surface area (Å²) < 4.78 is 123. The van der Waals surface area contributed by atoms with Crippen LogP contribution in [0.15, 0.2) is 46.2 Å². The lowest BCUT2D eigenvalue weighted by atomic mass is 10.1. The highest BCUT2D eigenvalue weighted by Crippen LogP contribution is 2.29. The third kappa shape index (κ3) is 6.28. The first kappa shape index (κ1) is 25.5. The fraction of sp³-hybridized carbons (Fsp3) is 0.368. The van der Waals surface area contributed by atoms with Gasteiger partial charge in [0.15, 0.2) is 5.79 Å². The molecule has 0 bridgehead atoms. The van der Waals surface area contributed by atoms with E-state index < -0.39 is 72.3 Å². The van der Waals surface area contributed by atoms with Crippen molar-refractivity contribution >= 4 is 20.2 Å². The largest absolute Gasteiger partial charge is 0.347 e. The van der Waals surface area contributed by atoms with Crippen molar-refractivity contribution in [1.82, 2.24) is 0 Å². The average Bonchev–Trinajstić information content (AvgIpc) is 3.15. The number of hydrogen-bond acceptors (Lipinski definition) is 8. The predicted molar refractivity (Wildman–Crippen MR) is 103 cm³/mol. The molecule has 1 fully saturated rings. The van der Waals surface area contributed by atoms with E-state index in [9.17, 15) is 34.4 Å². The average molecular weight is 514 g/mol. The Bertz CT molecular complexity index is 1120. The van der Waals surface area contributed by atoms with Crippen LogP contribution >= 0.6 is 0 Å². The summed E-state index contributed by atoms with van der Waals surface area (Å²) in [5.74, 6) is -6.06. The maximum absolute atomic E-state index is 13.7. The minimum Gasteiger partial charge on any atom is -0.347 e. The summed E-state index contributed by atoms with van der Waals surface area (Å²) in [6.07, 6.45) is -0.438. The van der Waals surface area contributed by atoms with Crippen LogP contribution in [0, 0.1) is 23.3 Å². The van der Waals surface area contributed by atoms with E-state index >= 15 is 0 Å². The number of rotatable bonds is 10. The van der Waals surface area contributed by atoms with Gasteiger partial charge in [0.1, 0.15) is 33.1 Å². The zero-order valence-corrected chi connectivity index (χ0v) is 18.4. The van der Waals surface area contributed by atoms with Gasteiger partial charge in [-0.25, -0.2) is 17.6 Å². The van der Waals surface area contributed by atoms with Crippen molar-refractivity contribution in [2.75, 3.05) is 26.4 Å². The van der Waals surface area contributed by atoms with Crippen LogP contribution < -0.4 is 0 Å². The molecule has 1 saturated heterocycles. The van der Waals surface area contributed by atoms with E-state index in [0.29, 0.717) is 24.3 Å². The van der Waals surface area contributed by atoms with Crippen LogP contribution in [-0.4, -0.2) is 49.1 Å². The Kier molecular flexibility index (Phi) is 7.76. The second-order valence-corrected chi connectivity index (χ2v) is 9.98. The number of ether oxygens (including phenoxy) is 2. The van der Waals surface area contributed by atoms with Gasteiger partial charge in [-0.2, -0.15) is 16.8 Å². The maximum atomic E-state index is 13.7. The van der Waals surface area contributed by atoms with Gasteiger partial charge in [-0.15, -0.1) is 0 Å². The second kappa shape index (κ2) is 10.0. The molecular formula is C19H18F4O8S2. The summed E-state index contributed by atoms with van der Waals surface area (Å²) >= 11 is 0. The minimum absolute atomic E-state index is 0.110. The zero-order valence-electron chi connectivity index (χ0n) is 16.8. The lowest BCUT2D eigenvalue weighted by Gasteiger charge is -2.27. The Hall–Kier alpha value is -2.10. The lowest BCUT2D eigenvalue weighted by molar-refractivity contribution is -0.173. The molecule has 1 heterocycles. The lowest BCUT2D eigenvalue weighted by Crippen LogP contribution is -2.34. The van der Waals surface area contributed by atoms with Gasteiger partial charge >= 0.3 is 0 Å². The molecule has 182 valence electrons. The first-order valence-electron chi connectivity index (χ1n) is 9.41. The van der Waals surface area contributed by atoms with E-state index in [0.717, 1.165) is 12.1 Å². The standard InChI is InChI=1S/C19H18F4O8S2/c20-13-1-3-17(15(22)11-13)32(24,25)30-7-5-19(28-9-10-29-19)6-8-31-33(26,27)18-4-2-14(21)12-16(18)23/h1-4,11-12H,5-10H2. The number of halogens is 4. The third-order valence-electron chi connectivity index (χ3n) is 4.58. The highest BCUT2D eigenvalue weighted by Gasteiger charge is 2.37. The second-order valence-electron chi connectivity index (χ2n) is 6.81. The fourth-order valence-electron chi connectivity index (χ4n) is 3.01. The summed E-state index contributed by atoms with van der Waals surface area (Å²) in [5, 5.41) is 0. The van der Waals surface area contributed by atoms with Gasteiger partial charge in [0.25, 0.3) is 20.2 Å². The molecule has 1 aliphatic heterocycles. The number of hydrogen-bond donors (Lipinski definition) is 0. The molecular weight excluding hydrogens is 496 g/mol. The molecule has 33 heavy (non-hydrogen) atoms. The summed E-state index contributed by atoms with van der Waals surface area (Å²) in [5.41, 5.74) is 0. The summed E-state index contributed by atoms with van der Waals surface area (Å²) in [6, 6.07) is 3.72. The van der Waals surface area contributed by atoms with Crippen LogP contribution in [0.4, 0.5) is 17.6 Å². The van der Waals surface area contributed by atoms with Crippen molar-refractivity contribution in [2.24, 2.45) is 0 Å². The molecule has 3 rings (SSSR count). The third-order valence-corrected chi connectivity index (χ3v) is 7.28. The Labute approximate surface area is 187 Å². The van der Waals surface area contributed by atoms with Gasteiger partial charge in [-0.3, -0.25) is 8.37 Å². The van der Waals surface area contributed by atoms with E-state index in [2.05, 4.69) is 0 Å². The van der Waals surface area contributed by atoms with Crippen LogP contribution in [0.3, 0.4) is 0 Å². The maximum Gasteiger partial charge on any atom is 0.299 e. The fourth-order valence-corrected chi connectivity index (χ4v) is 4.93. The molecule has 8 nitrogen and oxygen atoms in total. The smallest absolute Gasteiger partial charge is 0.299 e. The first-order valence-corrected chi connectivity index (χ1v) is 12.2. The van der Waals surface area contributed by atoms with E-state index in [1.807, 2.05) is 0 Å². The van der Waals surface area contributed by atoms with Crippen molar-refractivity contribution in [2.45, 2.75) is 28.4 Å². The minimum atomic E-state index is -4.57. The van der Waals surface area contributed by atoms with E-state index in [1.165, 1.54) is 0 Å². The van der Waals surface area contributed by atoms with Crippen molar-refractivity contribution < 1.29 is 52.2 Å². The molecule has 0 aliphatic carbocycles. The topological polar surface area (TPSA) is 105 Å². The zero-order chi connectivity index (χ0) is 24.3. The van der Waals surface area contributed by atoms with E-state index in [4.69, 9.17) is 17.8 Å². The first-order chi connectivity index (χ1) is 15.4. The molecule has 0 aromatic heterocycles. The molecule has 0 spiro atoms. The normalized spacial score (nSPS) is 16.2. The molecule has 0 N–H and O–H groups in total. The molecule has 0 atom stereocenters. The highest BCUT2D eigenvalue weighted by atomic mass is 32.2. The Morgan fingerprint density at radius 2 is 1.12 bits per heavy atom. The van der Waals surface area contributed by atoms with Crippen molar-refractivity contribution in [1.29, 1.82) is 0 Å². The predicted octanol–water partition coefficient (Wildman–Crippen LogP) is 2.88. The van der Waals surface area contributed by atoms with Crippen LogP contribution in [-0.2, 0) is 38.1 Å². The van der Waals surface area contributed by atoms with Crippen LogP contribution in [0.25, 0.3) is 0 Å². The van der Waals surface area contributed by atoms with Gasteiger partial charge < -0.3 is 9.47 Å². The van der Waals surface area contributed by atoms with Crippen molar-refractivity contribution in [3.05, 3.63) is 59.7 Å². The Morgan fingerprint density at radius 3 is 1.48 bits per heavy atom. The van der Waals surface area contributed by atoms with Crippen molar-refractivity contribution in [3.63, 3.8) is 0 Å². The van der Waals surface area contributed by atoms with Gasteiger partial charge in [-0.1, -0.05) is 0 Å². The molecule has 1 aliphatic rings. The van der Waals surface area contributed by atoms with Crippen molar-refractivity contribution in [3.8, 4) is 0 Å². The SMILES string of the molecule is O=S(=O)(OCCC1(CCOS(=O)(=O)c2ccc(F)cc2F)OCCO1)c1ccc(F)cc1F. The molecule has 2 aromatic rings. The molecule has 0 unspecified atom stereocenters. The summed E-state index contributed by atoms with van der Waals surface area (Å²) in [6.45, 7) is -0.867. The van der Waals surface area contributed by atoms with Gasteiger partial charge in [0.05, 0.1) is 26.4 Å². The van der Waals surface area contributed by atoms with E-state index in [1.54, 1.807) is 0 Å². The van der Waals surface area contributed by atoms with Crippen LogP contribution in [0.1, 0.15) is 12.8 Å². The van der Waals surface area contributed by atoms with Gasteiger partial charge in [-0.05, 0) is 24.3 Å². The van der Waals surface area contributed by atoms with Crippen LogP contribution in [0.2, 0.25) is 0 Å². The van der Waals surface area contributed by atoms with Crippen LogP contribution in [0.5, 0.6) is 0 Å². The Balaban J connectivity index is 1.60. The number of benzene rings is 2. The molecule has 0 radical (unpaired) electrons. The quantitative estimate of drug-likeness (QED) is 0.352. The molecule has 0 amide bonds. The Morgan fingerprint density at radius 1 is 0.727 bits per heavy atom.